The second-order valence-corrected chi connectivity index (χ2v) is 5.80. The van der Waals surface area contributed by atoms with Crippen molar-refractivity contribution < 1.29 is 9.53 Å². The Kier molecular flexibility index (Phi) is 5.66. The first-order valence-electron chi connectivity index (χ1n) is 8.25. The highest BCUT2D eigenvalue weighted by atomic mass is 16.5. The maximum atomic E-state index is 12.8. The zero-order valence-corrected chi connectivity index (χ0v) is 14.7. The standard InChI is InChI=1S/C20H20N4O2/c1-24(18(14-26-2)17-10-6-7-11-21-17)20(25)16-12-22-19(23-13-16)15-8-4-3-5-9-15/h3-13,18H,14H2,1-2H3. The summed E-state index contributed by atoms with van der Waals surface area (Å²) in [6.45, 7) is 0.349. The molecule has 0 bridgehead atoms. The highest BCUT2D eigenvalue weighted by molar-refractivity contribution is 5.93. The molecule has 0 aliphatic carbocycles. The lowest BCUT2D eigenvalue weighted by molar-refractivity contribution is 0.0594. The first-order chi connectivity index (χ1) is 12.7. The Morgan fingerprint density at radius 2 is 1.73 bits per heavy atom. The fraction of sp³-hybridized carbons (Fsp3) is 0.200. The summed E-state index contributed by atoms with van der Waals surface area (Å²) < 4.78 is 5.28. The molecular weight excluding hydrogens is 328 g/mol. The molecule has 0 N–H and O–H groups in total. The van der Waals surface area contributed by atoms with Crippen molar-refractivity contribution in [1.82, 2.24) is 19.9 Å². The molecular formula is C20H20N4O2. The van der Waals surface area contributed by atoms with Crippen LogP contribution in [0, 0.1) is 0 Å². The summed E-state index contributed by atoms with van der Waals surface area (Å²) in [7, 11) is 3.33. The Hall–Kier alpha value is -3.12. The minimum atomic E-state index is -0.289. The molecule has 1 aromatic carbocycles. The van der Waals surface area contributed by atoms with Gasteiger partial charge in [-0.25, -0.2) is 9.97 Å². The molecule has 0 saturated heterocycles. The molecule has 0 radical (unpaired) electrons. The van der Waals surface area contributed by atoms with E-state index in [0.29, 0.717) is 18.0 Å². The summed E-state index contributed by atoms with van der Waals surface area (Å²) in [6.07, 6.45) is 4.81. The number of likely N-dealkylation sites (N-methyl/N-ethyl adjacent to an activating group) is 1. The van der Waals surface area contributed by atoms with E-state index in [4.69, 9.17) is 4.74 Å². The van der Waals surface area contributed by atoms with Crippen LogP contribution in [0.2, 0.25) is 0 Å². The van der Waals surface area contributed by atoms with Gasteiger partial charge in [-0.1, -0.05) is 36.4 Å². The average molecular weight is 348 g/mol. The van der Waals surface area contributed by atoms with Gasteiger partial charge in [0.1, 0.15) is 0 Å². The number of amides is 1. The first-order valence-corrected chi connectivity index (χ1v) is 8.25. The fourth-order valence-corrected chi connectivity index (χ4v) is 2.65. The number of benzene rings is 1. The molecule has 3 aromatic rings. The van der Waals surface area contributed by atoms with Crippen molar-refractivity contribution in [1.29, 1.82) is 0 Å². The van der Waals surface area contributed by atoms with Gasteiger partial charge in [0.2, 0.25) is 0 Å². The highest BCUT2D eigenvalue weighted by Gasteiger charge is 2.24. The van der Waals surface area contributed by atoms with Crippen molar-refractivity contribution in [3.05, 3.63) is 78.4 Å². The number of aromatic nitrogens is 3. The van der Waals surface area contributed by atoms with Gasteiger partial charge in [0.15, 0.2) is 5.82 Å². The number of rotatable bonds is 6. The van der Waals surface area contributed by atoms with Gasteiger partial charge in [0, 0.05) is 38.3 Å². The van der Waals surface area contributed by atoms with E-state index < -0.39 is 0 Å². The van der Waals surface area contributed by atoms with Gasteiger partial charge in [0.05, 0.1) is 23.9 Å². The number of ether oxygens (including phenoxy) is 1. The third-order valence-electron chi connectivity index (χ3n) is 4.07. The van der Waals surface area contributed by atoms with E-state index >= 15 is 0 Å². The van der Waals surface area contributed by atoms with Gasteiger partial charge in [-0.2, -0.15) is 0 Å². The van der Waals surface area contributed by atoms with Crippen LogP contribution in [0.1, 0.15) is 22.1 Å². The van der Waals surface area contributed by atoms with Crippen LogP contribution in [0.3, 0.4) is 0 Å². The van der Waals surface area contributed by atoms with E-state index in [1.807, 2.05) is 48.5 Å². The molecule has 3 rings (SSSR count). The van der Waals surface area contributed by atoms with Gasteiger partial charge < -0.3 is 9.64 Å². The lowest BCUT2D eigenvalue weighted by Crippen LogP contribution is -2.34. The zero-order chi connectivity index (χ0) is 18.4. The third-order valence-corrected chi connectivity index (χ3v) is 4.07. The van der Waals surface area contributed by atoms with Crippen LogP contribution >= 0.6 is 0 Å². The molecule has 6 nitrogen and oxygen atoms in total. The molecule has 2 heterocycles. The number of hydrogen-bond donors (Lipinski definition) is 0. The molecule has 1 amide bonds. The molecule has 132 valence electrons. The number of pyridine rings is 1. The van der Waals surface area contributed by atoms with Crippen LogP contribution in [-0.4, -0.2) is 46.5 Å². The van der Waals surface area contributed by atoms with Crippen LogP contribution in [0.4, 0.5) is 0 Å². The molecule has 0 aliphatic rings. The normalized spacial score (nSPS) is 11.8. The minimum Gasteiger partial charge on any atom is -0.382 e. The number of carbonyl (C=O) groups is 1. The van der Waals surface area contributed by atoms with E-state index in [1.165, 1.54) is 0 Å². The highest BCUT2D eigenvalue weighted by Crippen LogP contribution is 2.20. The molecule has 0 spiro atoms. The number of carbonyl (C=O) groups excluding carboxylic acids is 1. The Labute approximate surface area is 152 Å². The van der Waals surface area contributed by atoms with Crippen LogP contribution in [-0.2, 0) is 4.74 Å². The van der Waals surface area contributed by atoms with Gasteiger partial charge in [-0.15, -0.1) is 0 Å². The predicted molar refractivity (Wildman–Crippen MR) is 98.4 cm³/mol. The third kappa shape index (κ3) is 3.92. The van der Waals surface area contributed by atoms with Gasteiger partial charge in [-0.05, 0) is 12.1 Å². The molecule has 6 heteroatoms. The van der Waals surface area contributed by atoms with Crippen LogP contribution in [0.15, 0.2) is 67.1 Å². The van der Waals surface area contributed by atoms with E-state index in [0.717, 1.165) is 11.3 Å². The Morgan fingerprint density at radius 1 is 1.04 bits per heavy atom. The molecule has 26 heavy (non-hydrogen) atoms. The minimum absolute atomic E-state index is 0.183. The van der Waals surface area contributed by atoms with Crippen LogP contribution < -0.4 is 0 Å². The topological polar surface area (TPSA) is 68.2 Å². The Balaban J connectivity index is 1.81. The summed E-state index contributed by atoms with van der Waals surface area (Å²) in [5.74, 6) is 0.403. The molecule has 1 atom stereocenters. The zero-order valence-electron chi connectivity index (χ0n) is 14.7. The predicted octanol–water partition coefficient (Wildman–Crippen LogP) is 3.00. The number of methoxy groups -OCH3 is 1. The molecule has 2 aromatic heterocycles. The first kappa shape index (κ1) is 17.7. The smallest absolute Gasteiger partial charge is 0.257 e. The van der Waals surface area contributed by atoms with Crippen molar-refractivity contribution >= 4 is 5.91 Å². The molecule has 0 aliphatic heterocycles. The summed E-state index contributed by atoms with van der Waals surface area (Å²) in [5, 5.41) is 0. The van der Waals surface area contributed by atoms with Crippen molar-refractivity contribution in [2.45, 2.75) is 6.04 Å². The molecule has 1 unspecified atom stereocenters. The number of hydrogen-bond acceptors (Lipinski definition) is 5. The van der Waals surface area contributed by atoms with Crippen LogP contribution in [0.5, 0.6) is 0 Å². The van der Waals surface area contributed by atoms with Gasteiger partial charge in [-0.3, -0.25) is 9.78 Å². The average Bonchev–Trinajstić information content (AvgIpc) is 2.72. The van der Waals surface area contributed by atoms with E-state index in [-0.39, 0.29) is 11.9 Å². The lowest BCUT2D eigenvalue weighted by Gasteiger charge is -2.27. The quantitative estimate of drug-likeness (QED) is 0.685. The second-order valence-electron chi connectivity index (χ2n) is 5.80. The van der Waals surface area contributed by atoms with Crippen molar-refractivity contribution in [3.8, 4) is 11.4 Å². The largest absolute Gasteiger partial charge is 0.382 e. The Morgan fingerprint density at radius 3 is 2.35 bits per heavy atom. The monoisotopic (exact) mass is 348 g/mol. The van der Waals surface area contributed by atoms with E-state index in [9.17, 15) is 4.79 Å². The summed E-state index contributed by atoms with van der Waals surface area (Å²) in [6, 6.07) is 15.0. The van der Waals surface area contributed by atoms with Gasteiger partial charge >= 0.3 is 0 Å². The van der Waals surface area contributed by atoms with Gasteiger partial charge in [0.25, 0.3) is 5.91 Å². The maximum absolute atomic E-state index is 12.8. The molecule has 0 fully saturated rings. The van der Waals surface area contributed by atoms with E-state index in [1.54, 1.807) is 37.6 Å². The van der Waals surface area contributed by atoms with Crippen LogP contribution in [0.25, 0.3) is 11.4 Å². The summed E-state index contributed by atoms with van der Waals surface area (Å²) in [5.41, 5.74) is 2.10. The fourth-order valence-electron chi connectivity index (χ4n) is 2.65. The van der Waals surface area contributed by atoms with Crippen molar-refractivity contribution in [2.24, 2.45) is 0 Å². The van der Waals surface area contributed by atoms with Crippen molar-refractivity contribution in [2.75, 3.05) is 20.8 Å². The second kappa shape index (κ2) is 8.31. The SMILES string of the molecule is COCC(c1ccccn1)N(C)C(=O)c1cnc(-c2ccccc2)nc1. The van der Waals surface area contributed by atoms with E-state index in [2.05, 4.69) is 15.0 Å². The molecule has 0 saturated carbocycles. The summed E-state index contributed by atoms with van der Waals surface area (Å²) >= 11 is 0. The van der Waals surface area contributed by atoms with Crippen molar-refractivity contribution in [3.63, 3.8) is 0 Å². The lowest BCUT2D eigenvalue weighted by atomic mass is 10.1. The Bertz CT molecular complexity index is 839. The number of nitrogens with zero attached hydrogens (tertiary/aromatic N) is 4. The summed E-state index contributed by atoms with van der Waals surface area (Å²) in [4.78, 5) is 27.4. The maximum Gasteiger partial charge on any atom is 0.257 e.